The molecule has 0 spiro atoms. The topological polar surface area (TPSA) is 97.7 Å². The number of hydrogen-bond acceptors (Lipinski definition) is 5. The van der Waals surface area contributed by atoms with Gasteiger partial charge < -0.3 is 14.6 Å². The number of aromatic nitrogens is 5. The van der Waals surface area contributed by atoms with Crippen LogP contribution in [-0.4, -0.2) is 44.5 Å². The maximum atomic E-state index is 12.4. The molecule has 2 heterocycles. The number of aromatic amines is 1. The van der Waals surface area contributed by atoms with Gasteiger partial charge in [-0.25, -0.2) is 0 Å². The average Bonchev–Trinajstić information content (AvgIpc) is 3.30. The summed E-state index contributed by atoms with van der Waals surface area (Å²) in [5.41, 5.74) is 2.03. The number of methoxy groups -OCH3 is 1. The lowest BCUT2D eigenvalue weighted by molar-refractivity contribution is 0.0953. The summed E-state index contributed by atoms with van der Waals surface area (Å²) < 4.78 is 7.09. The summed E-state index contributed by atoms with van der Waals surface area (Å²) in [7, 11) is 1.61. The number of benzene rings is 1. The van der Waals surface area contributed by atoms with Crippen LogP contribution in [0.3, 0.4) is 0 Å². The molecule has 0 saturated carbocycles. The number of carbonyl (C=O) groups excluding carboxylic acids is 1. The Morgan fingerprint density at radius 2 is 2.17 bits per heavy atom. The highest BCUT2D eigenvalue weighted by molar-refractivity contribution is 5.99. The average molecular weight is 326 g/mol. The lowest BCUT2D eigenvalue weighted by atomic mass is 10.1. The highest BCUT2D eigenvalue weighted by atomic mass is 16.5. The van der Waals surface area contributed by atoms with Gasteiger partial charge in [0.05, 0.1) is 24.6 Å². The third-order valence-corrected chi connectivity index (χ3v) is 3.59. The Morgan fingerprint density at radius 3 is 2.96 bits per heavy atom. The molecule has 0 aliphatic carbocycles. The van der Waals surface area contributed by atoms with Gasteiger partial charge in [-0.05, 0) is 18.6 Å². The van der Waals surface area contributed by atoms with Gasteiger partial charge in [-0.15, -0.1) is 10.2 Å². The molecular formula is C16H18N6O2. The van der Waals surface area contributed by atoms with Gasteiger partial charge in [0.1, 0.15) is 18.4 Å². The van der Waals surface area contributed by atoms with E-state index in [-0.39, 0.29) is 5.91 Å². The Hall–Kier alpha value is -3.16. The molecule has 2 aromatic heterocycles. The number of ether oxygens (including phenoxy) is 1. The molecular weight excluding hydrogens is 308 g/mol. The molecule has 1 amide bonds. The molecule has 8 nitrogen and oxygen atoms in total. The Kier molecular flexibility index (Phi) is 4.85. The number of nitrogens with one attached hydrogen (secondary N) is 2. The minimum atomic E-state index is -0.162. The molecule has 0 aliphatic rings. The van der Waals surface area contributed by atoms with E-state index in [1.165, 1.54) is 6.20 Å². The fourth-order valence-corrected chi connectivity index (χ4v) is 2.35. The van der Waals surface area contributed by atoms with Crippen molar-refractivity contribution in [3.8, 4) is 17.0 Å². The van der Waals surface area contributed by atoms with Crippen molar-refractivity contribution in [2.75, 3.05) is 13.7 Å². The van der Waals surface area contributed by atoms with Gasteiger partial charge in [-0.3, -0.25) is 9.89 Å². The summed E-state index contributed by atoms with van der Waals surface area (Å²) in [5, 5.41) is 17.3. The first kappa shape index (κ1) is 15.7. The molecule has 1 aromatic carbocycles. The maximum Gasteiger partial charge on any atom is 0.255 e. The number of hydrogen-bond donors (Lipinski definition) is 2. The molecule has 0 atom stereocenters. The van der Waals surface area contributed by atoms with Crippen LogP contribution in [0, 0.1) is 0 Å². The zero-order valence-corrected chi connectivity index (χ0v) is 13.3. The number of nitrogens with zero attached hydrogens (tertiary/aromatic N) is 4. The minimum absolute atomic E-state index is 0.162. The molecule has 3 aromatic rings. The van der Waals surface area contributed by atoms with Crippen LogP contribution < -0.4 is 10.1 Å². The molecule has 0 unspecified atom stereocenters. The summed E-state index contributed by atoms with van der Waals surface area (Å²) in [6, 6.07) is 7.48. The number of aryl methyl sites for hydroxylation is 1. The lowest BCUT2D eigenvalue weighted by Crippen LogP contribution is -2.25. The molecule has 3 rings (SSSR count). The van der Waals surface area contributed by atoms with Gasteiger partial charge in [0.15, 0.2) is 0 Å². The van der Waals surface area contributed by atoms with E-state index in [2.05, 4.69) is 25.7 Å². The Labute approximate surface area is 138 Å². The molecule has 8 heteroatoms. The second kappa shape index (κ2) is 7.40. The van der Waals surface area contributed by atoms with E-state index in [1.54, 1.807) is 19.8 Å². The molecule has 0 aliphatic heterocycles. The molecule has 0 radical (unpaired) electrons. The number of H-pyrrole nitrogens is 1. The maximum absolute atomic E-state index is 12.4. The van der Waals surface area contributed by atoms with E-state index in [9.17, 15) is 4.79 Å². The predicted molar refractivity (Wildman–Crippen MR) is 87.5 cm³/mol. The monoisotopic (exact) mass is 326 g/mol. The van der Waals surface area contributed by atoms with Crippen molar-refractivity contribution < 1.29 is 9.53 Å². The lowest BCUT2D eigenvalue weighted by Gasteiger charge is -2.07. The number of carbonyl (C=O) groups is 1. The minimum Gasteiger partial charge on any atom is -0.497 e. The van der Waals surface area contributed by atoms with E-state index >= 15 is 0 Å². The highest BCUT2D eigenvalue weighted by Crippen LogP contribution is 2.24. The van der Waals surface area contributed by atoms with Gasteiger partial charge >= 0.3 is 0 Å². The molecule has 0 fully saturated rings. The molecule has 2 N–H and O–H groups in total. The van der Waals surface area contributed by atoms with Gasteiger partial charge in [0.25, 0.3) is 5.91 Å². The van der Waals surface area contributed by atoms with Crippen molar-refractivity contribution in [1.82, 2.24) is 30.3 Å². The van der Waals surface area contributed by atoms with E-state index < -0.39 is 0 Å². The van der Waals surface area contributed by atoms with Crippen LogP contribution >= 0.6 is 0 Å². The van der Waals surface area contributed by atoms with Crippen molar-refractivity contribution in [3.63, 3.8) is 0 Å². The predicted octanol–water partition coefficient (Wildman–Crippen LogP) is 1.50. The zero-order chi connectivity index (χ0) is 16.8. The van der Waals surface area contributed by atoms with Crippen molar-refractivity contribution >= 4 is 5.91 Å². The first-order chi connectivity index (χ1) is 11.8. The van der Waals surface area contributed by atoms with Crippen molar-refractivity contribution in [2.24, 2.45) is 0 Å². The van der Waals surface area contributed by atoms with Crippen LogP contribution in [0.2, 0.25) is 0 Å². The van der Waals surface area contributed by atoms with E-state index in [0.717, 1.165) is 24.3 Å². The van der Waals surface area contributed by atoms with Crippen molar-refractivity contribution in [1.29, 1.82) is 0 Å². The first-order valence-corrected chi connectivity index (χ1v) is 7.56. The normalized spacial score (nSPS) is 10.5. The Balaban J connectivity index is 1.62. The first-order valence-electron chi connectivity index (χ1n) is 7.56. The number of amides is 1. The summed E-state index contributed by atoms with van der Waals surface area (Å²) in [5.74, 6) is 0.563. The highest BCUT2D eigenvalue weighted by Gasteiger charge is 2.15. The van der Waals surface area contributed by atoms with Crippen LogP contribution in [0.15, 0.2) is 43.1 Å². The second-order valence-electron chi connectivity index (χ2n) is 5.20. The summed E-state index contributed by atoms with van der Waals surface area (Å²) in [6.07, 6.45) is 5.62. The van der Waals surface area contributed by atoms with Crippen LogP contribution in [0.4, 0.5) is 0 Å². The Morgan fingerprint density at radius 1 is 1.33 bits per heavy atom. The quantitative estimate of drug-likeness (QED) is 0.641. The van der Waals surface area contributed by atoms with Crippen molar-refractivity contribution in [2.45, 2.75) is 13.0 Å². The van der Waals surface area contributed by atoms with Gasteiger partial charge in [0.2, 0.25) is 0 Å². The van der Waals surface area contributed by atoms with Crippen LogP contribution in [-0.2, 0) is 6.54 Å². The fourth-order valence-electron chi connectivity index (χ4n) is 2.35. The van der Waals surface area contributed by atoms with Crippen LogP contribution in [0.1, 0.15) is 16.8 Å². The summed E-state index contributed by atoms with van der Waals surface area (Å²) in [4.78, 5) is 12.4. The largest absolute Gasteiger partial charge is 0.497 e. The van der Waals surface area contributed by atoms with Gasteiger partial charge in [-0.1, -0.05) is 12.1 Å². The van der Waals surface area contributed by atoms with E-state index in [4.69, 9.17) is 4.74 Å². The van der Waals surface area contributed by atoms with Crippen LogP contribution in [0.25, 0.3) is 11.3 Å². The van der Waals surface area contributed by atoms with E-state index in [0.29, 0.717) is 17.8 Å². The number of rotatable bonds is 7. The molecule has 124 valence electrons. The molecule has 0 bridgehead atoms. The third kappa shape index (κ3) is 3.60. The molecule has 0 saturated heterocycles. The second-order valence-corrected chi connectivity index (χ2v) is 5.20. The zero-order valence-electron chi connectivity index (χ0n) is 13.3. The van der Waals surface area contributed by atoms with Gasteiger partial charge in [-0.2, -0.15) is 5.10 Å². The molecule has 24 heavy (non-hydrogen) atoms. The van der Waals surface area contributed by atoms with Crippen molar-refractivity contribution in [3.05, 3.63) is 48.7 Å². The fraction of sp³-hybridized carbons (Fsp3) is 0.250. The summed E-state index contributed by atoms with van der Waals surface area (Å²) in [6.45, 7) is 1.31. The smallest absolute Gasteiger partial charge is 0.255 e. The SMILES string of the molecule is COc1cccc(-c2[nH]ncc2C(=O)NCCCn2cnnc2)c1. The summed E-state index contributed by atoms with van der Waals surface area (Å²) >= 11 is 0. The van der Waals surface area contributed by atoms with Crippen LogP contribution in [0.5, 0.6) is 5.75 Å². The third-order valence-electron chi connectivity index (χ3n) is 3.59. The van der Waals surface area contributed by atoms with E-state index in [1.807, 2.05) is 28.8 Å². The Bertz CT molecular complexity index is 797. The van der Waals surface area contributed by atoms with Gasteiger partial charge in [0, 0.05) is 18.7 Å². The standard InChI is InChI=1S/C16H18N6O2/c1-24-13-5-2-4-12(8-13)15-14(9-18-21-15)16(23)17-6-3-7-22-10-19-20-11-22/h2,4-5,8-11H,3,6-7H2,1H3,(H,17,23)(H,18,21).